The zero-order valence-electron chi connectivity index (χ0n) is 8.29. The van der Waals surface area contributed by atoms with E-state index in [0.717, 1.165) is 12.5 Å². The minimum atomic E-state index is 0.586. The van der Waals surface area contributed by atoms with E-state index in [9.17, 15) is 0 Å². The number of nitrogens with one attached hydrogen (secondary N) is 1. The molecule has 1 heterocycles. The van der Waals surface area contributed by atoms with Gasteiger partial charge in [-0.1, -0.05) is 12.2 Å². The molecule has 3 atom stereocenters. The van der Waals surface area contributed by atoms with E-state index in [1.54, 1.807) is 10.6 Å². The maximum Gasteiger partial charge on any atom is 0.111 e. The number of rotatable bonds is 2. The highest BCUT2D eigenvalue weighted by Gasteiger charge is 2.35. The Balaban J connectivity index is 2.14. The van der Waals surface area contributed by atoms with Gasteiger partial charge in [-0.3, -0.25) is 0 Å². The van der Waals surface area contributed by atoms with Gasteiger partial charge in [0, 0.05) is 18.9 Å². The molecule has 0 amide bonds. The van der Waals surface area contributed by atoms with Gasteiger partial charge in [-0.05, 0) is 19.4 Å². The molecule has 1 fully saturated rings. The molecule has 1 saturated heterocycles. The number of likely N-dealkylation sites (tertiary alicyclic amines) is 1. The molecule has 0 aromatic rings. The van der Waals surface area contributed by atoms with Gasteiger partial charge in [0.1, 0.15) is 11.7 Å². The third-order valence-electron chi connectivity index (χ3n) is 3.35. The maximum atomic E-state index is 5.71. The Morgan fingerprint density at radius 3 is 3.31 bits per heavy atom. The fourth-order valence-electron chi connectivity index (χ4n) is 2.47. The Kier molecular flexibility index (Phi) is 2.51. The molecule has 0 aromatic heterocycles. The van der Waals surface area contributed by atoms with Crippen molar-refractivity contribution in [3.8, 4) is 0 Å². The van der Waals surface area contributed by atoms with Crippen LogP contribution in [0.25, 0.3) is 0 Å². The van der Waals surface area contributed by atoms with Gasteiger partial charge in [-0.2, -0.15) is 0 Å². The molecule has 2 nitrogen and oxygen atoms in total. The molecule has 0 bridgehead atoms. The quantitative estimate of drug-likeness (QED) is 0.618. The van der Waals surface area contributed by atoms with Crippen molar-refractivity contribution in [1.29, 1.82) is 0 Å². The van der Waals surface area contributed by atoms with Crippen LogP contribution in [0.1, 0.15) is 19.8 Å². The molecule has 0 saturated carbocycles. The fraction of sp³-hybridized carbons (Fsp3) is 0.636. The second-order valence-electron chi connectivity index (χ2n) is 4.18. The van der Waals surface area contributed by atoms with Crippen molar-refractivity contribution >= 4 is 0 Å². The van der Waals surface area contributed by atoms with Gasteiger partial charge in [-0.15, -0.1) is 0 Å². The van der Waals surface area contributed by atoms with Gasteiger partial charge < -0.3 is 10.6 Å². The topological polar surface area (TPSA) is 30.5 Å². The summed E-state index contributed by atoms with van der Waals surface area (Å²) in [7, 11) is 0. The number of allylic oxidation sites excluding steroid dienone is 4. The Labute approximate surface area is 80.1 Å². The number of hydrogen-bond acceptors (Lipinski definition) is 1. The van der Waals surface area contributed by atoms with E-state index in [1.807, 2.05) is 0 Å². The maximum absolute atomic E-state index is 5.71. The second-order valence-corrected chi connectivity index (χ2v) is 4.18. The first kappa shape index (κ1) is 8.97. The third-order valence-corrected chi connectivity index (χ3v) is 3.35. The van der Waals surface area contributed by atoms with Gasteiger partial charge >= 0.3 is 0 Å². The molecule has 3 unspecified atom stereocenters. The van der Waals surface area contributed by atoms with Gasteiger partial charge in [0.2, 0.25) is 0 Å². The summed E-state index contributed by atoms with van der Waals surface area (Å²) in [4.78, 5) is 1.62. The van der Waals surface area contributed by atoms with Crippen LogP contribution in [-0.4, -0.2) is 19.1 Å². The summed E-state index contributed by atoms with van der Waals surface area (Å²) >= 11 is 0. The van der Waals surface area contributed by atoms with Crippen molar-refractivity contribution in [1.82, 2.24) is 0 Å². The lowest BCUT2D eigenvalue weighted by molar-refractivity contribution is -0.875. The molecule has 1 aliphatic heterocycles. The molecular formula is C11H19N2+. The van der Waals surface area contributed by atoms with Crippen LogP contribution in [0.2, 0.25) is 0 Å². The highest BCUT2D eigenvalue weighted by atomic mass is 15.2. The molecule has 2 rings (SSSR count). The van der Waals surface area contributed by atoms with Crippen molar-refractivity contribution in [2.24, 2.45) is 11.7 Å². The normalized spacial score (nSPS) is 34.2. The fourth-order valence-corrected chi connectivity index (χ4v) is 2.47. The Morgan fingerprint density at radius 1 is 1.69 bits per heavy atom. The molecule has 0 radical (unpaired) electrons. The average Bonchev–Trinajstić information content (AvgIpc) is 2.60. The monoisotopic (exact) mass is 179 g/mol. The first-order valence-electron chi connectivity index (χ1n) is 5.25. The van der Waals surface area contributed by atoms with Crippen LogP contribution in [0.5, 0.6) is 0 Å². The summed E-state index contributed by atoms with van der Waals surface area (Å²) in [5.41, 5.74) is 7.31. The lowest BCUT2D eigenvalue weighted by Gasteiger charge is -2.22. The SMILES string of the molecule is CC(CN)[NH+]1CCC2CC=CC=C21. The zero-order valence-corrected chi connectivity index (χ0v) is 8.29. The van der Waals surface area contributed by atoms with Crippen molar-refractivity contribution in [3.63, 3.8) is 0 Å². The van der Waals surface area contributed by atoms with Gasteiger partial charge in [0.15, 0.2) is 0 Å². The standard InChI is InChI=1S/C11H18N2/c1-9(8-12)13-7-6-10-4-2-3-5-11(10)13/h2-3,5,9-10H,4,6-8,12H2,1H3/p+1. The van der Waals surface area contributed by atoms with E-state index in [-0.39, 0.29) is 0 Å². The molecule has 13 heavy (non-hydrogen) atoms. The minimum absolute atomic E-state index is 0.586. The molecular weight excluding hydrogens is 160 g/mol. The van der Waals surface area contributed by atoms with E-state index in [0.29, 0.717) is 6.04 Å². The molecule has 72 valence electrons. The summed E-state index contributed by atoms with van der Waals surface area (Å²) in [5, 5.41) is 0. The van der Waals surface area contributed by atoms with Gasteiger partial charge in [0.25, 0.3) is 0 Å². The largest absolute Gasteiger partial charge is 0.325 e. The number of fused-ring (bicyclic) bond motifs is 1. The van der Waals surface area contributed by atoms with Crippen molar-refractivity contribution in [3.05, 3.63) is 23.9 Å². The minimum Gasteiger partial charge on any atom is -0.325 e. The molecule has 2 aliphatic rings. The number of quaternary nitrogens is 1. The highest BCUT2D eigenvalue weighted by Crippen LogP contribution is 2.23. The summed E-state index contributed by atoms with van der Waals surface area (Å²) in [6.45, 7) is 4.32. The lowest BCUT2D eigenvalue weighted by atomic mass is 9.97. The zero-order chi connectivity index (χ0) is 9.26. The van der Waals surface area contributed by atoms with E-state index in [1.165, 1.54) is 19.4 Å². The predicted octanol–water partition coefficient (Wildman–Crippen LogP) is 0.0822. The van der Waals surface area contributed by atoms with Crippen molar-refractivity contribution < 1.29 is 4.90 Å². The predicted molar refractivity (Wildman–Crippen MR) is 54.3 cm³/mol. The van der Waals surface area contributed by atoms with Crippen LogP contribution >= 0.6 is 0 Å². The average molecular weight is 179 g/mol. The first-order valence-corrected chi connectivity index (χ1v) is 5.25. The van der Waals surface area contributed by atoms with Crippen LogP contribution in [0.3, 0.4) is 0 Å². The van der Waals surface area contributed by atoms with Crippen molar-refractivity contribution in [2.75, 3.05) is 13.1 Å². The van der Waals surface area contributed by atoms with Gasteiger partial charge in [-0.25, -0.2) is 0 Å². The molecule has 0 aromatic carbocycles. The van der Waals surface area contributed by atoms with Crippen LogP contribution < -0.4 is 10.6 Å². The van der Waals surface area contributed by atoms with Crippen LogP contribution in [0, 0.1) is 5.92 Å². The van der Waals surface area contributed by atoms with E-state index in [2.05, 4.69) is 25.2 Å². The van der Waals surface area contributed by atoms with E-state index < -0.39 is 0 Å². The Morgan fingerprint density at radius 2 is 2.54 bits per heavy atom. The van der Waals surface area contributed by atoms with Crippen molar-refractivity contribution in [2.45, 2.75) is 25.8 Å². The molecule has 2 heteroatoms. The van der Waals surface area contributed by atoms with Crippen LogP contribution in [-0.2, 0) is 0 Å². The number of hydrogen-bond donors (Lipinski definition) is 2. The van der Waals surface area contributed by atoms with E-state index in [4.69, 9.17) is 5.73 Å². The smallest absolute Gasteiger partial charge is 0.111 e. The highest BCUT2D eigenvalue weighted by molar-refractivity contribution is 5.17. The lowest BCUT2D eigenvalue weighted by Crippen LogP contribution is -3.13. The summed E-state index contributed by atoms with van der Waals surface area (Å²) < 4.78 is 0. The molecule has 3 N–H and O–H groups in total. The Hall–Kier alpha value is -0.600. The summed E-state index contributed by atoms with van der Waals surface area (Å²) in [6, 6.07) is 0.586. The van der Waals surface area contributed by atoms with E-state index >= 15 is 0 Å². The second kappa shape index (κ2) is 3.64. The molecule has 1 aliphatic carbocycles. The summed E-state index contributed by atoms with van der Waals surface area (Å²) in [5.74, 6) is 0.814. The third kappa shape index (κ3) is 1.56. The summed E-state index contributed by atoms with van der Waals surface area (Å²) in [6.07, 6.45) is 9.36. The first-order chi connectivity index (χ1) is 6.33. The Bertz CT molecular complexity index is 242. The number of nitrogens with two attached hydrogens (primary N) is 1. The van der Waals surface area contributed by atoms with Gasteiger partial charge in [0.05, 0.1) is 6.54 Å². The van der Waals surface area contributed by atoms with Crippen LogP contribution in [0.4, 0.5) is 0 Å². The molecule has 0 spiro atoms. The van der Waals surface area contributed by atoms with Crippen LogP contribution in [0.15, 0.2) is 23.9 Å².